The zero-order valence-electron chi connectivity index (χ0n) is 13.3. The number of methoxy groups -OCH3 is 1. The molecule has 7 nitrogen and oxygen atoms in total. The van der Waals surface area contributed by atoms with E-state index in [4.69, 9.17) is 25.8 Å². The van der Waals surface area contributed by atoms with E-state index in [1.54, 1.807) is 30.3 Å². The van der Waals surface area contributed by atoms with E-state index in [0.717, 1.165) is 0 Å². The highest BCUT2D eigenvalue weighted by atomic mass is 35.5. The number of anilines is 2. The van der Waals surface area contributed by atoms with Gasteiger partial charge in [0, 0.05) is 16.8 Å². The zero-order chi connectivity index (χ0) is 17.8. The molecule has 130 valence electrons. The Kier molecular flexibility index (Phi) is 4.95. The van der Waals surface area contributed by atoms with Gasteiger partial charge in [-0.2, -0.15) is 0 Å². The summed E-state index contributed by atoms with van der Waals surface area (Å²) >= 11 is 5.90. The summed E-state index contributed by atoms with van der Waals surface area (Å²) in [6.45, 7) is 0.905. The van der Waals surface area contributed by atoms with Crippen molar-refractivity contribution in [1.82, 2.24) is 0 Å². The molecular weight excluding hydrogens is 348 g/mol. The van der Waals surface area contributed by atoms with Crippen molar-refractivity contribution in [3.05, 3.63) is 41.4 Å². The Hall–Kier alpha value is -2.93. The molecule has 1 aliphatic heterocycles. The van der Waals surface area contributed by atoms with Crippen LogP contribution in [0.15, 0.2) is 36.4 Å². The van der Waals surface area contributed by atoms with Crippen LogP contribution in [0.25, 0.3) is 0 Å². The van der Waals surface area contributed by atoms with Crippen molar-refractivity contribution in [2.24, 2.45) is 0 Å². The summed E-state index contributed by atoms with van der Waals surface area (Å²) in [5.41, 5.74) is 0.722. The Bertz CT molecular complexity index is 825. The molecule has 0 aliphatic carbocycles. The molecule has 8 heteroatoms. The van der Waals surface area contributed by atoms with Gasteiger partial charge in [0.25, 0.3) is 0 Å². The number of amides is 2. The molecule has 0 saturated carbocycles. The first-order valence-electron chi connectivity index (χ1n) is 7.42. The molecule has 0 aromatic heterocycles. The Labute approximate surface area is 148 Å². The van der Waals surface area contributed by atoms with Crippen LogP contribution < -0.4 is 24.8 Å². The van der Waals surface area contributed by atoms with Crippen LogP contribution in [0.1, 0.15) is 0 Å². The highest BCUT2D eigenvalue weighted by molar-refractivity contribution is 6.44. The van der Waals surface area contributed by atoms with Gasteiger partial charge in [0.15, 0.2) is 11.5 Å². The molecule has 0 saturated heterocycles. The van der Waals surface area contributed by atoms with E-state index < -0.39 is 11.8 Å². The third-order valence-electron chi connectivity index (χ3n) is 3.42. The van der Waals surface area contributed by atoms with E-state index in [1.165, 1.54) is 13.2 Å². The average Bonchev–Trinajstić information content (AvgIpc) is 2.61. The monoisotopic (exact) mass is 362 g/mol. The predicted octanol–water partition coefficient (Wildman–Crippen LogP) is 2.70. The first-order valence-corrected chi connectivity index (χ1v) is 7.80. The van der Waals surface area contributed by atoms with Gasteiger partial charge < -0.3 is 24.8 Å². The number of hydrogen-bond donors (Lipinski definition) is 2. The van der Waals surface area contributed by atoms with E-state index >= 15 is 0 Å². The lowest BCUT2D eigenvalue weighted by Crippen LogP contribution is -2.29. The van der Waals surface area contributed by atoms with Crippen LogP contribution in [0, 0.1) is 0 Å². The van der Waals surface area contributed by atoms with Gasteiger partial charge in [0.05, 0.1) is 12.8 Å². The van der Waals surface area contributed by atoms with Crippen molar-refractivity contribution >= 4 is 34.8 Å². The first kappa shape index (κ1) is 16.9. The van der Waals surface area contributed by atoms with Crippen molar-refractivity contribution in [2.75, 3.05) is 31.0 Å². The minimum atomic E-state index is -0.851. The molecular formula is C17H15ClN2O5. The number of carbonyl (C=O) groups excluding carboxylic acids is 2. The van der Waals surface area contributed by atoms with E-state index in [0.29, 0.717) is 46.9 Å². The lowest BCUT2D eigenvalue weighted by Gasteiger charge is -2.19. The number of hydrogen-bond acceptors (Lipinski definition) is 5. The van der Waals surface area contributed by atoms with Crippen molar-refractivity contribution in [2.45, 2.75) is 0 Å². The molecule has 2 N–H and O–H groups in total. The van der Waals surface area contributed by atoms with Crippen molar-refractivity contribution in [3.8, 4) is 17.2 Å². The fourth-order valence-corrected chi connectivity index (χ4v) is 2.44. The molecule has 2 aromatic rings. The van der Waals surface area contributed by atoms with Gasteiger partial charge in [-0.25, -0.2) is 0 Å². The maximum absolute atomic E-state index is 12.1. The van der Waals surface area contributed by atoms with Gasteiger partial charge in [-0.05, 0) is 30.3 Å². The average molecular weight is 363 g/mol. The summed E-state index contributed by atoms with van der Waals surface area (Å²) in [4.78, 5) is 24.2. The summed E-state index contributed by atoms with van der Waals surface area (Å²) in [7, 11) is 1.45. The lowest BCUT2D eigenvalue weighted by molar-refractivity contribution is -0.133. The Balaban J connectivity index is 1.69. The van der Waals surface area contributed by atoms with Crippen molar-refractivity contribution < 1.29 is 23.8 Å². The Morgan fingerprint density at radius 2 is 1.72 bits per heavy atom. The normalized spacial score (nSPS) is 12.2. The van der Waals surface area contributed by atoms with Crippen molar-refractivity contribution in [1.29, 1.82) is 0 Å². The number of halogens is 1. The quantitative estimate of drug-likeness (QED) is 0.820. The van der Waals surface area contributed by atoms with Gasteiger partial charge in [0.1, 0.15) is 19.0 Å². The maximum atomic E-state index is 12.1. The standard InChI is InChI=1S/C17H15ClN2O5/c1-23-13-4-2-10(18)8-12(13)20-17(22)16(21)19-11-3-5-14-15(9-11)25-7-6-24-14/h2-5,8-9H,6-7H2,1H3,(H,19,21)(H,20,22). The van der Waals surface area contributed by atoms with Gasteiger partial charge in [0.2, 0.25) is 0 Å². The summed E-state index contributed by atoms with van der Waals surface area (Å²) in [6.07, 6.45) is 0. The molecule has 2 amide bonds. The number of nitrogens with one attached hydrogen (secondary N) is 2. The fourth-order valence-electron chi connectivity index (χ4n) is 2.27. The summed E-state index contributed by atoms with van der Waals surface area (Å²) in [5.74, 6) is -0.183. The topological polar surface area (TPSA) is 85.9 Å². The van der Waals surface area contributed by atoms with Crippen LogP contribution in [-0.4, -0.2) is 32.1 Å². The van der Waals surface area contributed by atoms with Crippen LogP contribution >= 0.6 is 11.6 Å². The third kappa shape index (κ3) is 3.95. The van der Waals surface area contributed by atoms with Crippen LogP contribution in [0.5, 0.6) is 17.2 Å². The second kappa shape index (κ2) is 7.31. The molecule has 25 heavy (non-hydrogen) atoms. The van der Waals surface area contributed by atoms with Gasteiger partial charge in [-0.15, -0.1) is 0 Å². The fraction of sp³-hybridized carbons (Fsp3) is 0.176. The molecule has 3 rings (SSSR count). The number of fused-ring (bicyclic) bond motifs is 1. The second-order valence-electron chi connectivity index (χ2n) is 5.11. The minimum Gasteiger partial charge on any atom is -0.495 e. The maximum Gasteiger partial charge on any atom is 0.314 e. The summed E-state index contributed by atoms with van der Waals surface area (Å²) in [5, 5.41) is 5.38. The summed E-state index contributed by atoms with van der Waals surface area (Å²) in [6, 6.07) is 9.60. The van der Waals surface area contributed by atoms with Gasteiger partial charge in [-0.1, -0.05) is 11.6 Å². The zero-order valence-corrected chi connectivity index (χ0v) is 14.1. The van der Waals surface area contributed by atoms with Gasteiger partial charge in [-0.3, -0.25) is 9.59 Å². The molecule has 1 aliphatic rings. The van der Waals surface area contributed by atoms with Crippen LogP contribution in [0.2, 0.25) is 5.02 Å². The molecule has 0 fully saturated rings. The highest BCUT2D eigenvalue weighted by Crippen LogP contribution is 2.32. The third-order valence-corrected chi connectivity index (χ3v) is 3.65. The molecule has 1 heterocycles. The smallest absolute Gasteiger partial charge is 0.314 e. The number of carbonyl (C=O) groups is 2. The van der Waals surface area contributed by atoms with E-state index in [-0.39, 0.29) is 0 Å². The van der Waals surface area contributed by atoms with Crippen LogP contribution in [0.4, 0.5) is 11.4 Å². The Morgan fingerprint density at radius 3 is 2.48 bits per heavy atom. The van der Waals surface area contributed by atoms with Gasteiger partial charge >= 0.3 is 11.8 Å². The predicted molar refractivity (Wildman–Crippen MR) is 92.7 cm³/mol. The molecule has 2 aromatic carbocycles. The van der Waals surface area contributed by atoms with E-state index in [2.05, 4.69) is 10.6 Å². The molecule has 0 spiro atoms. The SMILES string of the molecule is COc1ccc(Cl)cc1NC(=O)C(=O)Nc1ccc2c(c1)OCCO2. The minimum absolute atomic E-state index is 0.303. The molecule has 0 radical (unpaired) electrons. The Morgan fingerprint density at radius 1 is 1.00 bits per heavy atom. The van der Waals surface area contributed by atoms with Crippen molar-refractivity contribution in [3.63, 3.8) is 0 Å². The van der Waals surface area contributed by atoms with Crippen LogP contribution in [-0.2, 0) is 9.59 Å². The number of ether oxygens (including phenoxy) is 3. The largest absolute Gasteiger partial charge is 0.495 e. The number of rotatable bonds is 3. The molecule has 0 unspecified atom stereocenters. The lowest BCUT2D eigenvalue weighted by atomic mass is 10.2. The van der Waals surface area contributed by atoms with Crippen LogP contribution in [0.3, 0.4) is 0 Å². The highest BCUT2D eigenvalue weighted by Gasteiger charge is 2.18. The second-order valence-corrected chi connectivity index (χ2v) is 5.55. The molecule has 0 bridgehead atoms. The van der Waals surface area contributed by atoms with E-state index in [1.807, 2.05) is 0 Å². The first-order chi connectivity index (χ1) is 12.1. The van der Waals surface area contributed by atoms with E-state index in [9.17, 15) is 9.59 Å². The summed E-state index contributed by atoms with van der Waals surface area (Å²) < 4.78 is 16.0. The number of benzene rings is 2. The molecule has 0 atom stereocenters.